The average molecular weight is 374 g/mol. The first kappa shape index (κ1) is 18.2. The van der Waals surface area contributed by atoms with Crippen molar-refractivity contribution in [3.8, 4) is 5.75 Å². The molecule has 1 aromatic heterocycles. The summed E-state index contributed by atoms with van der Waals surface area (Å²) in [5, 5.41) is 6.19. The molecule has 26 heavy (non-hydrogen) atoms. The number of pyridine rings is 1. The van der Waals surface area contributed by atoms with Gasteiger partial charge in [0.15, 0.2) is 0 Å². The molecule has 0 saturated heterocycles. The summed E-state index contributed by atoms with van der Waals surface area (Å²) in [4.78, 5) is 29.3. The van der Waals surface area contributed by atoms with Gasteiger partial charge in [-0.25, -0.2) is 0 Å². The van der Waals surface area contributed by atoms with Crippen LogP contribution in [0.15, 0.2) is 36.7 Å². The van der Waals surface area contributed by atoms with Gasteiger partial charge in [-0.2, -0.15) is 0 Å². The Morgan fingerprint density at radius 3 is 2.69 bits per heavy atom. The Morgan fingerprint density at radius 2 is 2.08 bits per heavy atom. The molecule has 136 valence electrons. The van der Waals surface area contributed by atoms with Crippen molar-refractivity contribution in [2.24, 2.45) is 5.41 Å². The van der Waals surface area contributed by atoms with Gasteiger partial charge in [-0.15, -0.1) is 0 Å². The van der Waals surface area contributed by atoms with Crippen LogP contribution in [0.3, 0.4) is 0 Å². The van der Waals surface area contributed by atoms with Crippen molar-refractivity contribution >= 4 is 29.1 Å². The van der Waals surface area contributed by atoms with Crippen molar-refractivity contribution in [1.29, 1.82) is 0 Å². The molecule has 0 atom stereocenters. The van der Waals surface area contributed by atoms with Crippen molar-refractivity contribution < 1.29 is 14.3 Å². The lowest BCUT2D eigenvalue weighted by Crippen LogP contribution is -2.39. The van der Waals surface area contributed by atoms with E-state index < -0.39 is 5.41 Å². The second kappa shape index (κ2) is 7.33. The molecule has 2 N–H and O–H groups in total. The zero-order valence-corrected chi connectivity index (χ0v) is 15.4. The maximum atomic E-state index is 12.7. The molecule has 1 aliphatic rings. The zero-order valence-electron chi connectivity index (χ0n) is 14.6. The van der Waals surface area contributed by atoms with E-state index >= 15 is 0 Å². The number of benzene rings is 1. The molecule has 1 heterocycles. The molecule has 7 heteroatoms. The van der Waals surface area contributed by atoms with Crippen molar-refractivity contribution in [2.45, 2.75) is 26.3 Å². The lowest BCUT2D eigenvalue weighted by Gasteiger charge is -2.17. The molecule has 0 radical (unpaired) electrons. The lowest BCUT2D eigenvalue weighted by atomic mass is 10.0. The van der Waals surface area contributed by atoms with E-state index in [0.29, 0.717) is 35.8 Å². The summed E-state index contributed by atoms with van der Waals surface area (Å²) in [6.45, 7) is 2.18. The van der Waals surface area contributed by atoms with Crippen LogP contribution >= 0.6 is 11.6 Å². The first-order chi connectivity index (χ1) is 12.5. The van der Waals surface area contributed by atoms with E-state index in [0.717, 1.165) is 11.1 Å². The predicted molar refractivity (Wildman–Crippen MR) is 99.1 cm³/mol. The van der Waals surface area contributed by atoms with E-state index in [1.165, 1.54) is 7.11 Å². The third-order valence-electron chi connectivity index (χ3n) is 4.52. The number of carbonyl (C=O) groups is 2. The zero-order chi connectivity index (χ0) is 18.7. The number of rotatable bonds is 6. The molecule has 0 unspecified atom stereocenters. The molecule has 0 bridgehead atoms. The van der Waals surface area contributed by atoms with Gasteiger partial charge < -0.3 is 15.4 Å². The SMILES string of the molecule is COc1cc(Cl)c(C)cc1NC(=O)C1(C(=O)NCc2cccnc2)CC1. The number of carbonyl (C=O) groups excluding carboxylic acids is 2. The largest absolute Gasteiger partial charge is 0.495 e. The van der Waals surface area contributed by atoms with Crippen LogP contribution in [0.1, 0.15) is 24.0 Å². The third-order valence-corrected chi connectivity index (χ3v) is 4.93. The molecule has 0 spiro atoms. The van der Waals surface area contributed by atoms with Gasteiger partial charge in [0.1, 0.15) is 11.2 Å². The third kappa shape index (κ3) is 3.65. The maximum absolute atomic E-state index is 12.7. The smallest absolute Gasteiger partial charge is 0.240 e. The monoisotopic (exact) mass is 373 g/mol. The number of aryl methyl sites for hydroxylation is 1. The number of hydrogen-bond donors (Lipinski definition) is 2. The summed E-state index contributed by atoms with van der Waals surface area (Å²) < 4.78 is 5.27. The molecule has 3 rings (SSSR count). The molecule has 1 fully saturated rings. The van der Waals surface area contributed by atoms with Gasteiger partial charge in [-0.1, -0.05) is 17.7 Å². The predicted octanol–water partition coefficient (Wildman–Crippen LogP) is 3.09. The van der Waals surface area contributed by atoms with Crippen LogP contribution in [0, 0.1) is 12.3 Å². The van der Waals surface area contributed by atoms with Crippen LogP contribution in [-0.4, -0.2) is 23.9 Å². The Morgan fingerprint density at radius 1 is 1.31 bits per heavy atom. The Bertz CT molecular complexity index is 835. The normalized spacial score (nSPS) is 14.4. The number of anilines is 1. The van der Waals surface area contributed by atoms with Crippen LogP contribution < -0.4 is 15.4 Å². The van der Waals surface area contributed by atoms with Crippen LogP contribution in [0.4, 0.5) is 5.69 Å². The second-order valence-electron chi connectivity index (χ2n) is 6.38. The summed E-state index contributed by atoms with van der Waals surface area (Å²) in [7, 11) is 1.50. The summed E-state index contributed by atoms with van der Waals surface area (Å²) in [6, 6.07) is 7.06. The van der Waals surface area contributed by atoms with Gasteiger partial charge in [-0.3, -0.25) is 14.6 Å². The Balaban J connectivity index is 1.69. The highest BCUT2D eigenvalue weighted by atomic mass is 35.5. The number of amides is 2. The highest BCUT2D eigenvalue weighted by molar-refractivity contribution is 6.31. The first-order valence-electron chi connectivity index (χ1n) is 8.29. The fourth-order valence-corrected chi connectivity index (χ4v) is 2.86. The van der Waals surface area contributed by atoms with Gasteiger partial charge in [-0.05, 0) is 43.0 Å². The minimum Gasteiger partial charge on any atom is -0.495 e. The van der Waals surface area contributed by atoms with Crippen molar-refractivity contribution in [3.63, 3.8) is 0 Å². The fourth-order valence-electron chi connectivity index (χ4n) is 2.71. The molecule has 0 aliphatic heterocycles. The van der Waals surface area contributed by atoms with Crippen molar-refractivity contribution in [1.82, 2.24) is 10.3 Å². The number of nitrogens with one attached hydrogen (secondary N) is 2. The molecule has 1 saturated carbocycles. The van der Waals surface area contributed by atoms with E-state index in [1.807, 2.05) is 13.0 Å². The molecule has 1 aliphatic carbocycles. The highest BCUT2D eigenvalue weighted by Gasteiger charge is 2.56. The van der Waals surface area contributed by atoms with Crippen LogP contribution in [0.25, 0.3) is 0 Å². The number of methoxy groups -OCH3 is 1. The van der Waals surface area contributed by atoms with Gasteiger partial charge in [0.05, 0.1) is 12.8 Å². The van der Waals surface area contributed by atoms with Crippen molar-refractivity contribution in [2.75, 3.05) is 12.4 Å². The topological polar surface area (TPSA) is 80.3 Å². The lowest BCUT2D eigenvalue weighted by molar-refractivity contribution is -0.134. The Kier molecular flexibility index (Phi) is 5.13. The minimum atomic E-state index is -1.03. The standard InChI is InChI=1S/C19H20ClN3O3/c1-12-8-15(16(26-2)9-14(12)20)23-18(25)19(5-6-19)17(24)22-11-13-4-3-7-21-10-13/h3-4,7-10H,5-6,11H2,1-2H3,(H,22,24)(H,23,25). The average Bonchev–Trinajstić information content (AvgIpc) is 3.45. The molecule has 2 amide bonds. The van der Waals surface area contributed by atoms with Gasteiger partial charge in [0.25, 0.3) is 0 Å². The summed E-state index contributed by atoms with van der Waals surface area (Å²) in [6.07, 6.45) is 4.39. The summed E-state index contributed by atoms with van der Waals surface area (Å²) in [5.74, 6) is -0.148. The number of aromatic nitrogens is 1. The Labute approximate surface area is 156 Å². The number of ether oxygens (including phenoxy) is 1. The van der Waals surface area contributed by atoms with Crippen molar-refractivity contribution in [3.05, 3.63) is 52.8 Å². The van der Waals surface area contributed by atoms with Gasteiger partial charge >= 0.3 is 0 Å². The highest BCUT2D eigenvalue weighted by Crippen LogP contribution is 2.47. The quantitative estimate of drug-likeness (QED) is 0.762. The molecule has 2 aromatic rings. The summed E-state index contributed by atoms with van der Waals surface area (Å²) in [5.41, 5.74) is 1.17. The number of halogens is 1. The van der Waals surface area contributed by atoms with E-state index in [2.05, 4.69) is 15.6 Å². The van der Waals surface area contributed by atoms with Crippen LogP contribution in [-0.2, 0) is 16.1 Å². The maximum Gasteiger partial charge on any atom is 0.240 e. The van der Waals surface area contributed by atoms with Gasteiger partial charge in [0, 0.05) is 30.0 Å². The van der Waals surface area contributed by atoms with Crippen LogP contribution in [0.2, 0.25) is 5.02 Å². The molecule has 1 aromatic carbocycles. The minimum absolute atomic E-state index is 0.275. The Hall–Kier alpha value is -2.60. The number of nitrogens with zero attached hydrogens (tertiary/aromatic N) is 1. The van der Waals surface area contributed by atoms with E-state index in [1.54, 1.807) is 30.6 Å². The van der Waals surface area contributed by atoms with Gasteiger partial charge in [0.2, 0.25) is 11.8 Å². The first-order valence-corrected chi connectivity index (χ1v) is 8.67. The van der Waals surface area contributed by atoms with E-state index in [4.69, 9.17) is 16.3 Å². The van der Waals surface area contributed by atoms with E-state index in [9.17, 15) is 9.59 Å². The fraction of sp³-hybridized carbons (Fsp3) is 0.316. The molecular formula is C19H20ClN3O3. The van der Waals surface area contributed by atoms with Crippen LogP contribution in [0.5, 0.6) is 5.75 Å². The second-order valence-corrected chi connectivity index (χ2v) is 6.79. The summed E-state index contributed by atoms with van der Waals surface area (Å²) >= 11 is 6.09. The number of hydrogen-bond acceptors (Lipinski definition) is 4. The molecule has 6 nitrogen and oxygen atoms in total. The molecular weight excluding hydrogens is 354 g/mol. The van der Waals surface area contributed by atoms with E-state index in [-0.39, 0.29) is 11.8 Å².